The van der Waals surface area contributed by atoms with Crippen molar-refractivity contribution in [1.29, 1.82) is 0 Å². The third-order valence-corrected chi connectivity index (χ3v) is 4.39. The number of hydrogen-bond donors (Lipinski definition) is 0. The number of nitrogens with zero attached hydrogens (tertiary/aromatic N) is 2. The lowest BCUT2D eigenvalue weighted by molar-refractivity contribution is -0.140. The van der Waals surface area contributed by atoms with E-state index in [9.17, 15) is 14.0 Å². The molecule has 1 saturated heterocycles. The maximum Gasteiger partial charge on any atom is 0.242 e. The minimum atomic E-state index is -0.271. The molecule has 0 N–H and O–H groups in total. The summed E-state index contributed by atoms with van der Waals surface area (Å²) in [6, 6.07) is 6.54. The zero-order chi connectivity index (χ0) is 16.8. The van der Waals surface area contributed by atoms with Crippen LogP contribution in [-0.4, -0.2) is 47.8 Å². The number of amides is 2. The monoisotopic (exact) mass is 320 g/mol. The maximum atomic E-state index is 13.7. The van der Waals surface area contributed by atoms with Crippen molar-refractivity contribution in [2.24, 2.45) is 5.92 Å². The normalized spacial score (nSPS) is 17.9. The van der Waals surface area contributed by atoms with Crippen molar-refractivity contribution in [3.8, 4) is 0 Å². The fourth-order valence-electron chi connectivity index (χ4n) is 2.98. The molecule has 23 heavy (non-hydrogen) atoms. The summed E-state index contributed by atoms with van der Waals surface area (Å²) in [7, 11) is 0. The van der Waals surface area contributed by atoms with Crippen molar-refractivity contribution < 1.29 is 14.0 Å². The zero-order valence-electron chi connectivity index (χ0n) is 13.9. The van der Waals surface area contributed by atoms with Crippen LogP contribution in [0.1, 0.15) is 32.3 Å². The molecule has 0 saturated carbocycles. The van der Waals surface area contributed by atoms with Crippen molar-refractivity contribution >= 4 is 11.8 Å². The highest BCUT2D eigenvalue weighted by Crippen LogP contribution is 2.16. The molecular weight excluding hydrogens is 295 g/mol. The van der Waals surface area contributed by atoms with Crippen LogP contribution in [0.25, 0.3) is 0 Å². The van der Waals surface area contributed by atoms with Gasteiger partial charge in [0.25, 0.3) is 0 Å². The number of halogens is 1. The molecular formula is C18H25FN2O2. The highest BCUT2D eigenvalue weighted by atomic mass is 19.1. The molecule has 1 aliphatic heterocycles. The predicted octanol–water partition coefficient (Wildman–Crippen LogP) is 2.48. The van der Waals surface area contributed by atoms with Gasteiger partial charge in [0.15, 0.2) is 0 Å². The molecule has 4 nitrogen and oxygen atoms in total. The van der Waals surface area contributed by atoms with Gasteiger partial charge in [-0.3, -0.25) is 9.59 Å². The summed E-state index contributed by atoms with van der Waals surface area (Å²) in [5, 5.41) is 0. The van der Waals surface area contributed by atoms with Gasteiger partial charge < -0.3 is 9.80 Å². The van der Waals surface area contributed by atoms with Crippen LogP contribution >= 0.6 is 0 Å². The Morgan fingerprint density at radius 3 is 2.74 bits per heavy atom. The Bertz CT molecular complexity index is 562. The molecule has 0 aliphatic carbocycles. The van der Waals surface area contributed by atoms with E-state index in [4.69, 9.17) is 0 Å². The zero-order valence-corrected chi connectivity index (χ0v) is 13.9. The van der Waals surface area contributed by atoms with Gasteiger partial charge in [0, 0.05) is 26.6 Å². The number of piperidine rings is 1. The number of carbonyl (C=O) groups excluding carboxylic acids is 2. The van der Waals surface area contributed by atoms with Crippen molar-refractivity contribution in [1.82, 2.24) is 9.80 Å². The van der Waals surface area contributed by atoms with Crippen LogP contribution < -0.4 is 0 Å². The quantitative estimate of drug-likeness (QED) is 0.836. The molecule has 1 unspecified atom stereocenters. The van der Waals surface area contributed by atoms with Crippen molar-refractivity contribution in [3.05, 3.63) is 35.6 Å². The van der Waals surface area contributed by atoms with Crippen molar-refractivity contribution in [2.45, 2.75) is 33.1 Å². The van der Waals surface area contributed by atoms with Crippen molar-refractivity contribution in [2.75, 3.05) is 26.2 Å². The molecule has 1 aromatic carbocycles. The Labute approximate surface area is 137 Å². The van der Waals surface area contributed by atoms with E-state index < -0.39 is 0 Å². The Morgan fingerprint density at radius 2 is 2.09 bits per heavy atom. The fraction of sp³-hybridized carbons (Fsp3) is 0.556. The second-order valence-corrected chi connectivity index (χ2v) is 6.37. The number of rotatable bonds is 5. The van der Waals surface area contributed by atoms with Crippen LogP contribution in [-0.2, 0) is 16.0 Å². The van der Waals surface area contributed by atoms with E-state index in [0.29, 0.717) is 24.4 Å². The van der Waals surface area contributed by atoms with Gasteiger partial charge in [-0.15, -0.1) is 0 Å². The summed E-state index contributed by atoms with van der Waals surface area (Å²) in [4.78, 5) is 27.5. The van der Waals surface area contributed by atoms with E-state index in [1.807, 2.05) is 4.90 Å². The summed E-state index contributed by atoms with van der Waals surface area (Å²) >= 11 is 0. The van der Waals surface area contributed by atoms with Gasteiger partial charge in [-0.1, -0.05) is 25.1 Å². The number of likely N-dealkylation sites (tertiary alicyclic amines) is 1. The predicted molar refractivity (Wildman–Crippen MR) is 87.3 cm³/mol. The third-order valence-electron chi connectivity index (χ3n) is 4.39. The van der Waals surface area contributed by atoms with E-state index in [1.165, 1.54) is 17.9 Å². The largest absolute Gasteiger partial charge is 0.341 e. The van der Waals surface area contributed by atoms with Crippen LogP contribution in [0.2, 0.25) is 0 Å². The lowest BCUT2D eigenvalue weighted by Crippen LogP contribution is -2.46. The lowest BCUT2D eigenvalue weighted by atomic mass is 10.0. The molecule has 0 bridgehead atoms. The summed E-state index contributed by atoms with van der Waals surface area (Å²) in [5.41, 5.74) is 0.567. The van der Waals surface area contributed by atoms with E-state index in [2.05, 4.69) is 6.92 Å². The summed E-state index contributed by atoms with van der Waals surface area (Å²) in [6.45, 7) is 5.55. The van der Waals surface area contributed by atoms with Gasteiger partial charge in [-0.2, -0.15) is 0 Å². The number of hydrogen-bond acceptors (Lipinski definition) is 2. The van der Waals surface area contributed by atoms with Crippen LogP contribution in [0.3, 0.4) is 0 Å². The van der Waals surface area contributed by atoms with Crippen LogP contribution in [0, 0.1) is 11.7 Å². The molecule has 0 spiro atoms. The molecule has 1 atom stereocenters. The highest BCUT2D eigenvalue weighted by molar-refractivity contribution is 5.83. The van der Waals surface area contributed by atoms with Gasteiger partial charge in [0.1, 0.15) is 5.82 Å². The average Bonchev–Trinajstić information content (AvgIpc) is 2.52. The van der Waals surface area contributed by atoms with E-state index in [-0.39, 0.29) is 24.2 Å². The fourth-order valence-corrected chi connectivity index (χ4v) is 2.98. The van der Waals surface area contributed by atoms with Gasteiger partial charge in [-0.05, 0) is 36.8 Å². The smallest absolute Gasteiger partial charge is 0.242 e. The molecule has 2 amide bonds. The van der Waals surface area contributed by atoms with Gasteiger partial charge in [-0.25, -0.2) is 4.39 Å². The molecule has 0 aromatic heterocycles. The number of carbonyl (C=O) groups is 2. The van der Waals surface area contributed by atoms with Gasteiger partial charge in [0.2, 0.25) is 11.8 Å². The maximum absolute atomic E-state index is 13.7. The lowest BCUT2D eigenvalue weighted by Gasteiger charge is -2.32. The van der Waals surface area contributed by atoms with E-state index in [0.717, 1.165) is 25.9 Å². The van der Waals surface area contributed by atoms with Crippen molar-refractivity contribution in [3.63, 3.8) is 0 Å². The van der Waals surface area contributed by atoms with E-state index in [1.54, 1.807) is 18.2 Å². The van der Waals surface area contributed by atoms with E-state index >= 15 is 0 Å². The Kier molecular flexibility index (Phi) is 6.13. The first-order chi connectivity index (χ1) is 11.0. The number of benzene rings is 1. The first-order valence-electron chi connectivity index (χ1n) is 8.24. The minimum absolute atomic E-state index is 0.0136. The molecule has 1 heterocycles. The molecule has 5 heteroatoms. The van der Waals surface area contributed by atoms with Gasteiger partial charge >= 0.3 is 0 Å². The summed E-state index contributed by atoms with van der Waals surface area (Å²) in [6.07, 6.45) is 2.58. The summed E-state index contributed by atoms with van der Waals surface area (Å²) < 4.78 is 13.7. The molecule has 0 radical (unpaired) electrons. The second kappa shape index (κ2) is 8.09. The Hall–Kier alpha value is -1.91. The molecule has 126 valence electrons. The third kappa shape index (κ3) is 5.05. The minimum Gasteiger partial charge on any atom is -0.341 e. The van der Waals surface area contributed by atoms with Crippen LogP contribution in [0.4, 0.5) is 4.39 Å². The molecule has 1 aromatic rings. The van der Waals surface area contributed by atoms with Crippen LogP contribution in [0.15, 0.2) is 24.3 Å². The van der Waals surface area contributed by atoms with Crippen LogP contribution in [0.5, 0.6) is 0 Å². The standard InChI is InChI=1S/C18H25FN2O2/c1-14-6-5-10-21(12-14)18(23)13-20(15(2)22)11-9-16-7-3-4-8-17(16)19/h3-4,7-8,14H,5-6,9-13H2,1-2H3. The first kappa shape index (κ1) is 17.4. The average molecular weight is 320 g/mol. The topological polar surface area (TPSA) is 40.6 Å². The second-order valence-electron chi connectivity index (χ2n) is 6.37. The first-order valence-corrected chi connectivity index (χ1v) is 8.24. The molecule has 1 fully saturated rings. The summed E-state index contributed by atoms with van der Waals surface area (Å²) in [5.74, 6) is 0.0732. The SMILES string of the molecule is CC(=O)N(CCc1ccccc1F)CC(=O)N1CCCC(C)C1. The molecule has 1 aliphatic rings. The van der Waals surface area contributed by atoms with Gasteiger partial charge in [0.05, 0.1) is 6.54 Å². The molecule has 2 rings (SSSR count). The highest BCUT2D eigenvalue weighted by Gasteiger charge is 2.23. The Morgan fingerprint density at radius 1 is 1.35 bits per heavy atom. The Balaban J connectivity index is 1.92.